The van der Waals surface area contributed by atoms with Crippen LogP contribution < -0.4 is 0 Å². The van der Waals surface area contributed by atoms with Crippen molar-refractivity contribution in [1.29, 1.82) is 0 Å². The van der Waals surface area contributed by atoms with Crippen molar-refractivity contribution in [2.45, 2.75) is 57.3 Å². The number of hydrogen-bond donors (Lipinski definition) is 0. The van der Waals surface area contributed by atoms with Gasteiger partial charge in [-0.25, -0.2) is 0 Å². The Morgan fingerprint density at radius 2 is 2.29 bits per heavy atom. The Labute approximate surface area is 89.3 Å². The lowest BCUT2D eigenvalue weighted by Crippen LogP contribution is -2.21. The molecule has 2 fully saturated rings. The number of fused-ring (bicyclic) bond motifs is 1. The van der Waals surface area contributed by atoms with Crippen molar-refractivity contribution in [2.24, 2.45) is 5.92 Å². The predicted octanol–water partition coefficient (Wildman–Crippen LogP) is 1.87. The van der Waals surface area contributed by atoms with E-state index in [0.717, 1.165) is 24.5 Å². The molecule has 3 heteroatoms. The number of hydrogen-bond acceptors (Lipinski definition) is 2. The molecule has 0 aromatic heterocycles. The van der Waals surface area contributed by atoms with Crippen LogP contribution in [0.5, 0.6) is 0 Å². The van der Waals surface area contributed by atoms with Gasteiger partial charge in [-0.05, 0) is 37.1 Å². The van der Waals surface area contributed by atoms with Gasteiger partial charge in [-0.2, -0.15) is 0 Å². The quantitative estimate of drug-likeness (QED) is 0.396. The first-order valence-corrected chi connectivity index (χ1v) is 7.43. The van der Waals surface area contributed by atoms with Gasteiger partial charge in [0.05, 0.1) is 12.2 Å². The first kappa shape index (κ1) is 10.6. The second-order valence-electron chi connectivity index (χ2n) is 4.84. The summed E-state index contributed by atoms with van der Waals surface area (Å²) in [5.74, 6) is 0.905. The average molecular weight is 214 g/mol. The molecule has 1 heterocycles. The molecule has 1 saturated heterocycles. The third-order valence-corrected chi connectivity index (χ3v) is 5.30. The van der Waals surface area contributed by atoms with Crippen LogP contribution in [0.3, 0.4) is 0 Å². The first-order valence-electron chi connectivity index (χ1n) is 6.04. The van der Waals surface area contributed by atoms with Crippen LogP contribution in [0.2, 0.25) is 5.54 Å². The molecule has 0 aromatic rings. The molecule has 0 amide bonds. The summed E-state index contributed by atoms with van der Waals surface area (Å²) in [7, 11) is -0.280. The molecule has 82 valence electrons. The zero-order valence-corrected chi connectivity index (χ0v) is 10.8. The molecule has 1 saturated carbocycles. The van der Waals surface area contributed by atoms with E-state index >= 15 is 0 Å². The SMILES string of the molecule is CCCO[SiH2]C(C)C1CCC2OC2C1. The summed E-state index contributed by atoms with van der Waals surface area (Å²) in [5.41, 5.74) is 0.853. The van der Waals surface area contributed by atoms with Gasteiger partial charge in [0.2, 0.25) is 0 Å². The van der Waals surface area contributed by atoms with Crippen LogP contribution in [0.4, 0.5) is 0 Å². The molecule has 2 aliphatic rings. The van der Waals surface area contributed by atoms with Gasteiger partial charge >= 0.3 is 0 Å². The molecular formula is C11H22O2Si. The van der Waals surface area contributed by atoms with Crippen LogP contribution in [0.15, 0.2) is 0 Å². The highest BCUT2D eigenvalue weighted by Crippen LogP contribution is 2.43. The van der Waals surface area contributed by atoms with Crippen LogP contribution in [0.1, 0.15) is 39.5 Å². The van der Waals surface area contributed by atoms with Crippen LogP contribution >= 0.6 is 0 Å². The zero-order valence-electron chi connectivity index (χ0n) is 9.37. The Hall–Kier alpha value is 0.137. The summed E-state index contributed by atoms with van der Waals surface area (Å²) < 4.78 is 11.3. The lowest BCUT2D eigenvalue weighted by Gasteiger charge is -2.25. The van der Waals surface area contributed by atoms with Gasteiger partial charge in [0.25, 0.3) is 0 Å². The monoisotopic (exact) mass is 214 g/mol. The van der Waals surface area contributed by atoms with E-state index in [1.807, 2.05) is 0 Å². The molecule has 0 N–H and O–H groups in total. The summed E-state index contributed by atoms with van der Waals surface area (Å²) in [6.07, 6.45) is 6.45. The fraction of sp³-hybridized carbons (Fsp3) is 1.00. The molecule has 0 spiro atoms. The van der Waals surface area contributed by atoms with Crippen molar-refractivity contribution in [3.63, 3.8) is 0 Å². The van der Waals surface area contributed by atoms with Gasteiger partial charge in [-0.15, -0.1) is 0 Å². The fourth-order valence-corrected chi connectivity index (χ4v) is 4.03. The molecular weight excluding hydrogens is 192 g/mol. The van der Waals surface area contributed by atoms with Gasteiger partial charge < -0.3 is 9.16 Å². The third-order valence-electron chi connectivity index (χ3n) is 3.58. The molecule has 1 aliphatic heterocycles. The molecule has 0 aromatic carbocycles. The summed E-state index contributed by atoms with van der Waals surface area (Å²) in [5, 5.41) is 0. The van der Waals surface area contributed by atoms with E-state index in [-0.39, 0.29) is 9.76 Å². The molecule has 0 bridgehead atoms. The highest BCUT2D eigenvalue weighted by molar-refractivity contribution is 6.29. The van der Waals surface area contributed by atoms with Crippen LogP contribution in [-0.2, 0) is 9.16 Å². The summed E-state index contributed by atoms with van der Waals surface area (Å²) in [4.78, 5) is 0. The summed E-state index contributed by atoms with van der Waals surface area (Å²) in [6.45, 7) is 5.55. The number of epoxide rings is 1. The van der Waals surface area contributed by atoms with E-state index in [0.29, 0.717) is 12.2 Å². The maximum absolute atomic E-state index is 5.74. The molecule has 2 rings (SSSR count). The van der Waals surface area contributed by atoms with Crippen molar-refractivity contribution >= 4 is 9.76 Å². The lowest BCUT2D eigenvalue weighted by molar-refractivity contribution is 0.302. The maximum Gasteiger partial charge on any atom is 0.164 e. The average Bonchev–Trinajstić information content (AvgIpc) is 2.95. The van der Waals surface area contributed by atoms with E-state index in [2.05, 4.69) is 13.8 Å². The fourth-order valence-electron chi connectivity index (χ4n) is 2.50. The van der Waals surface area contributed by atoms with E-state index < -0.39 is 0 Å². The standard InChI is InChI=1S/C11H22O2Si/c1-3-6-12-14-8(2)9-4-5-10-11(7-9)13-10/h8-11H,3-7,14H2,1-2H3. The van der Waals surface area contributed by atoms with E-state index in [1.54, 1.807) is 0 Å². The van der Waals surface area contributed by atoms with Crippen LogP contribution in [-0.4, -0.2) is 28.6 Å². The molecule has 1 aliphatic carbocycles. The minimum Gasteiger partial charge on any atom is -0.424 e. The highest BCUT2D eigenvalue weighted by atomic mass is 28.2. The first-order chi connectivity index (χ1) is 6.81. The van der Waals surface area contributed by atoms with E-state index in [9.17, 15) is 0 Å². The van der Waals surface area contributed by atoms with Gasteiger partial charge in [0, 0.05) is 6.61 Å². The number of rotatable bonds is 5. The van der Waals surface area contributed by atoms with Crippen molar-refractivity contribution in [1.82, 2.24) is 0 Å². The lowest BCUT2D eigenvalue weighted by atomic mass is 9.87. The third kappa shape index (κ3) is 2.58. The Morgan fingerprint density at radius 1 is 1.43 bits per heavy atom. The summed E-state index contributed by atoms with van der Waals surface area (Å²) in [6, 6.07) is 0. The van der Waals surface area contributed by atoms with Gasteiger partial charge in [-0.1, -0.05) is 13.8 Å². The normalized spacial score (nSPS) is 38.6. The largest absolute Gasteiger partial charge is 0.424 e. The van der Waals surface area contributed by atoms with Crippen LogP contribution in [0, 0.1) is 5.92 Å². The Balaban J connectivity index is 1.66. The van der Waals surface area contributed by atoms with Gasteiger partial charge in [0.15, 0.2) is 9.76 Å². The zero-order chi connectivity index (χ0) is 9.97. The van der Waals surface area contributed by atoms with Gasteiger partial charge in [0.1, 0.15) is 0 Å². The topological polar surface area (TPSA) is 21.8 Å². The van der Waals surface area contributed by atoms with Crippen LogP contribution in [0.25, 0.3) is 0 Å². The molecule has 2 nitrogen and oxygen atoms in total. The minimum absolute atomic E-state index is 0.280. The van der Waals surface area contributed by atoms with Crippen molar-refractivity contribution < 1.29 is 9.16 Å². The predicted molar refractivity (Wildman–Crippen MR) is 60.2 cm³/mol. The molecule has 4 unspecified atom stereocenters. The second-order valence-corrected chi connectivity index (χ2v) is 6.87. The summed E-state index contributed by atoms with van der Waals surface area (Å²) >= 11 is 0. The van der Waals surface area contributed by atoms with Crippen molar-refractivity contribution in [2.75, 3.05) is 6.61 Å². The minimum atomic E-state index is -0.280. The Bertz CT molecular complexity index is 186. The van der Waals surface area contributed by atoms with Crippen molar-refractivity contribution in [3.8, 4) is 0 Å². The molecule has 4 atom stereocenters. The maximum atomic E-state index is 5.74. The number of ether oxygens (including phenoxy) is 1. The van der Waals surface area contributed by atoms with E-state index in [4.69, 9.17) is 9.16 Å². The Kier molecular flexibility index (Phi) is 3.63. The Morgan fingerprint density at radius 3 is 3.00 bits per heavy atom. The van der Waals surface area contributed by atoms with Gasteiger partial charge in [-0.3, -0.25) is 0 Å². The highest BCUT2D eigenvalue weighted by Gasteiger charge is 2.44. The molecule has 14 heavy (non-hydrogen) atoms. The van der Waals surface area contributed by atoms with Crippen molar-refractivity contribution in [3.05, 3.63) is 0 Å². The smallest absolute Gasteiger partial charge is 0.164 e. The second kappa shape index (κ2) is 4.77. The van der Waals surface area contributed by atoms with E-state index in [1.165, 1.54) is 19.3 Å². The molecule has 0 radical (unpaired) electrons.